The van der Waals surface area contributed by atoms with E-state index in [0.717, 1.165) is 35.5 Å². The molecule has 0 bridgehead atoms. The van der Waals surface area contributed by atoms with Gasteiger partial charge in [-0.3, -0.25) is 0 Å². The largest absolute Gasteiger partial charge is 0.0710 e. The van der Waals surface area contributed by atoms with E-state index in [1.807, 2.05) is 0 Å². The zero-order chi connectivity index (χ0) is 12.6. The number of allylic oxidation sites excluding steroid dienone is 2. The van der Waals surface area contributed by atoms with Crippen molar-refractivity contribution in [3.63, 3.8) is 0 Å². The van der Waals surface area contributed by atoms with Crippen molar-refractivity contribution in [2.45, 2.75) is 55.4 Å². The van der Waals surface area contributed by atoms with E-state index < -0.39 is 0 Å². The maximum Gasteiger partial charge on any atom is -0.0144 e. The van der Waals surface area contributed by atoms with E-state index in [4.69, 9.17) is 0 Å². The summed E-state index contributed by atoms with van der Waals surface area (Å²) in [5.74, 6) is 4.86. The van der Waals surface area contributed by atoms with Gasteiger partial charge in [-0.1, -0.05) is 52.7 Å². The van der Waals surface area contributed by atoms with Gasteiger partial charge < -0.3 is 0 Å². The highest BCUT2D eigenvalue weighted by molar-refractivity contribution is 5.24. The minimum Gasteiger partial charge on any atom is -0.0710 e. The molecule has 5 atom stereocenters. The topological polar surface area (TPSA) is 0 Å². The van der Waals surface area contributed by atoms with Crippen LogP contribution < -0.4 is 0 Å². The fourth-order valence-electron chi connectivity index (χ4n) is 3.53. The summed E-state index contributed by atoms with van der Waals surface area (Å²) in [6.45, 7) is 19.1. The lowest BCUT2D eigenvalue weighted by molar-refractivity contribution is 0.184. The lowest BCUT2D eigenvalue weighted by atomic mass is 9.72. The van der Waals surface area contributed by atoms with Crippen LogP contribution in [0.3, 0.4) is 0 Å². The van der Waals surface area contributed by atoms with Crippen LogP contribution in [0.2, 0.25) is 0 Å². The summed E-state index contributed by atoms with van der Waals surface area (Å²) in [5, 5.41) is 0. The van der Waals surface area contributed by atoms with E-state index in [-0.39, 0.29) is 0 Å². The summed E-state index contributed by atoms with van der Waals surface area (Å²) in [7, 11) is 0. The first-order valence-electron chi connectivity index (χ1n) is 6.96. The Bertz CT molecular complexity index is 272. The molecule has 0 nitrogen and oxygen atoms in total. The summed E-state index contributed by atoms with van der Waals surface area (Å²) in [4.78, 5) is 0. The SMILES string of the molecule is CC1=C(C)C(C(C)C(C)C(C)C)C(C)C1C. The van der Waals surface area contributed by atoms with E-state index in [0.29, 0.717) is 0 Å². The highest BCUT2D eigenvalue weighted by Gasteiger charge is 2.38. The zero-order valence-electron chi connectivity index (χ0n) is 12.5. The molecule has 16 heavy (non-hydrogen) atoms. The van der Waals surface area contributed by atoms with Gasteiger partial charge in [0.15, 0.2) is 0 Å². The molecule has 5 unspecified atom stereocenters. The second-order valence-corrected chi connectivity index (χ2v) is 6.50. The highest BCUT2D eigenvalue weighted by Crippen LogP contribution is 2.47. The monoisotopic (exact) mass is 222 g/mol. The van der Waals surface area contributed by atoms with E-state index >= 15 is 0 Å². The van der Waals surface area contributed by atoms with E-state index in [9.17, 15) is 0 Å². The molecule has 1 aliphatic rings. The molecular formula is C16H30. The normalized spacial score (nSPS) is 34.7. The van der Waals surface area contributed by atoms with E-state index in [1.54, 1.807) is 11.1 Å². The van der Waals surface area contributed by atoms with Gasteiger partial charge in [0, 0.05) is 0 Å². The smallest absolute Gasteiger partial charge is 0.0144 e. The summed E-state index contributed by atoms with van der Waals surface area (Å²) >= 11 is 0. The third kappa shape index (κ3) is 2.21. The molecule has 0 aromatic heterocycles. The minimum absolute atomic E-state index is 0.784. The first kappa shape index (κ1) is 13.8. The van der Waals surface area contributed by atoms with Crippen molar-refractivity contribution < 1.29 is 0 Å². The summed E-state index contributed by atoms with van der Waals surface area (Å²) in [6, 6.07) is 0. The molecule has 1 aliphatic carbocycles. The maximum absolute atomic E-state index is 2.46. The van der Waals surface area contributed by atoms with Crippen LogP contribution >= 0.6 is 0 Å². The van der Waals surface area contributed by atoms with Gasteiger partial charge in [-0.2, -0.15) is 0 Å². The van der Waals surface area contributed by atoms with Crippen molar-refractivity contribution in [2.24, 2.45) is 35.5 Å². The van der Waals surface area contributed by atoms with Gasteiger partial charge in [0.05, 0.1) is 0 Å². The van der Waals surface area contributed by atoms with Crippen molar-refractivity contribution in [3.05, 3.63) is 11.1 Å². The zero-order valence-corrected chi connectivity index (χ0v) is 12.5. The first-order valence-corrected chi connectivity index (χ1v) is 6.96. The fraction of sp³-hybridized carbons (Fsp3) is 0.875. The Kier molecular flexibility index (Phi) is 4.26. The average Bonchev–Trinajstić information content (AvgIpc) is 2.41. The van der Waals surface area contributed by atoms with Crippen molar-refractivity contribution >= 4 is 0 Å². The van der Waals surface area contributed by atoms with Crippen LogP contribution in [0.25, 0.3) is 0 Å². The van der Waals surface area contributed by atoms with Gasteiger partial charge in [-0.25, -0.2) is 0 Å². The third-order valence-corrected chi connectivity index (χ3v) is 5.61. The van der Waals surface area contributed by atoms with Gasteiger partial charge in [0.1, 0.15) is 0 Å². The number of hydrogen-bond acceptors (Lipinski definition) is 0. The summed E-state index contributed by atoms with van der Waals surface area (Å²) in [5.41, 5.74) is 3.33. The second kappa shape index (κ2) is 4.94. The molecule has 0 aromatic carbocycles. The molecule has 1 rings (SSSR count). The molecule has 0 amide bonds. The first-order chi connectivity index (χ1) is 7.29. The quantitative estimate of drug-likeness (QED) is 0.579. The van der Waals surface area contributed by atoms with Crippen molar-refractivity contribution in [1.29, 1.82) is 0 Å². The van der Waals surface area contributed by atoms with Crippen molar-refractivity contribution in [2.75, 3.05) is 0 Å². The lowest BCUT2D eigenvalue weighted by Gasteiger charge is -2.33. The third-order valence-electron chi connectivity index (χ3n) is 5.61. The van der Waals surface area contributed by atoms with Gasteiger partial charge >= 0.3 is 0 Å². The van der Waals surface area contributed by atoms with Gasteiger partial charge in [0.2, 0.25) is 0 Å². The van der Waals surface area contributed by atoms with Crippen LogP contribution in [0, 0.1) is 35.5 Å². The Labute approximate surface area is 103 Å². The molecule has 0 saturated carbocycles. The van der Waals surface area contributed by atoms with Crippen LogP contribution in [0.5, 0.6) is 0 Å². The Balaban J connectivity index is 2.89. The minimum atomic E-state index is 0.784. The summed E-state index contributed by atoms with van der Waals surface area (Å²) < 4.78 is 0. The predicted molar refractivity (Wildman–Crippen MR) is 73.4 cm³/mol. The Morgan fingerprint density at radius 1 is 0.875 bits per heavy atom. The van der Waals surface area contributed by atoms with Gasteiger partial charge in [-0.15, -0.1) is 0 Å². The lowest BCUT2D eigenvalue weighted by Crippen LogP contribution is -2.27. The summed E-state index contributed by atoms with van der Waals surface area (Å²) in [6.07, 6.45) is 0. The molecule has 0 N–H and O–H groups in total. The molecule has 0 saturated heterocycles. The Morgan fingerprint density at radius 3 is 1.69 bits per heavy atom. The molecule has 94 valence electrons. The van der Waals surface area contributed by atoms with Crippen LogP contribution in [0.4, 0.5) is 0 Å². The molecular weight excluding hydrogens is 192 g/mol. The predicted octanol–water partition coefficient (Wildman–Crippen LogP) is 5.15. The number of hydrogen-bond donors (Lipinski definition) is 0. The number of rotatable bonds is 3. The van der Waals surface area contributed by atoms with Crippen molar-refractivity contribution in [3.8, 4) is 0 Å². The van der Waals surface area contributed by atoms with Crippen LogP contribution in [0.1, 0.15) is 55.4 Å². The molecule has 0 aromatic rings. The van der Waals surface area contributed by atoms with Gasteiger partial charge in [0.25, 0.3) is 0 Å². The molecule has 0 aliphatic heterocycles. The van der Waals surface area contributed by atoms with Gasteiger partial charge in [-0.05, 0) is 49.4 Å². The molecule has 0 heteroatoms. The fourth-order valence-corrected chi connectivity index (χ4v) is 3.53. The molecule has 0 heterocycles. The Morgan fingerprint density at radius 2 is 1.38 bits per heavy atom. The maximum atomic E-state index is 2.46. The molecule has 0 spiro atoms. The standard InChI is InChI=1S/C16H30/c1-9(2)10(3)13(6)16-14(7)11(4)12(5)15(16)8/h9-11,13-14,16H,1-8H3. The highest BCUT2D eigenvalue weighted by atomic mass is 14.4. The average molecular weight is 222 g/mol. The van der Waals surface area contributed by atoms with Crippen LogP contribution in [-0.4, -0.2) is 0 Å². The van der Waals surface area contributed by atoms with Crippen LogP contribution in [-0.2, 0) is 0 Å². The van der Waals surface area contributed by atoms with E-state index in [1.165, 1.54) is 0 Å². The van der Waals surface area contributed by atoms with Crippen molar-refractivity contribution in [1.82, 2.24) is 0 Å². The molecule has 0 radical (unpaired) electrons. The van der Waals surface area contributed by atoms with Crippen LogP contribution in [0.15, 0.2) is 11.1 Å². The molecule has 0 fully saturated rings. The van der Waals surface area contributed by atoms with E-state index in [2.05, 4.69) is 55.4 Å². The Hall–Kier alpha value is -0.260. The second-order valence-electron chi connectivity index (χ2n) is 6.50.